The summed E-state index contributed by atoms with van der Waals surface area (Å²) in [5.74, 6) is -2.02. The third-order valence-corrected chi connectivity index (χ3v) is 18.1. The summed E-state index contributed by atoms with van der Waals surface area (Å²) in [4.78, 5) is 68.5. The Hall–Kier alpha value is -12.1. The van der Waals surface area contributed by atoms with Gasteiger partial charge in [0.25, 0.3) is 23.6 Å². The van der Waals surface area contributed by atoms with Crippen LogP contribution in [0.2, 0.25) is 30.1 Å². The van der Waals surface area contributed by atoms with E-state index in [1.54, 1.807) is 129 Å². The van der Waals surface area contributed by atoms with E-state index in [4.69, 9.17) is 90.7 Å². The van der Waals surface area contributed by atoms with E-state index in [0.29, 0.717) is 81.3 Å². The Kier molecular flexibility index (Phi) is 28.3. The first kappa shape index (κ1) is 80.0. The van der Waals surface area contributed by atoms with Crippen LogP contribution in [0, 0.1) is 85.8 Å². The van der Waals surface area contributed by atoms with E-state index in [-0.39, 0.29) is 33.9 Å². The van der Waals surface area contributed by atoms with Gasteiger partial charge in [0.1, 0.15) is 18.0 Å². The quantitative estimate of drug-likeness (QED) is 0.0704. The van der Waals surface area contributed by atoms with Crippen LogP contribution >= 0.6 is 69.6 Å². The first-order valence-corrected chi connectivity index (χ1v) is 35.2. The van der Waals surface area contributed by atoms with Crippen molar-refractivity contribution < 1.29 is 23.6 Å². The van der Waals surface area contributed by atoms with Crippen molar-refractivity contribution in [2.45, 2.75) is 58.8 Å². The fourth-order valence-electron chi connectivity index (χ4n) is 10.7. The van der Waals surface area contributed by atoms with Gasteiger partial charge in [-0.3, -0.25) is 39.1 Å². The molecule has 536 valence electrons. The molecule has 4 N–H and O–H groups in total. The highest BCUT2D eigenvalue weighted by atomic mass is 35.5. The lowest BCUT2D eigenvalue weighted by Crippen LogP contribution is -2.30. The molecule has 108 heavy (non-hydrogen) atoms. The molecular formula is C85H63Cl6FN12O4. The summed E-state index contributed by atoms with van der Waals surface area (Å²) in [7, 11) is 0. The van der Waals surface area contributed by atoms with Crippen molar-refractivity contribution in [3.05, 3.63) is 396 Å². The fraction of sp³-hybridized carbons (Fsp3) is 0.106. The Morgan fingerprint density at radius 3 is 0.815 bits per heavy atom. The van der Waals surface area contributed by atoms with Crippen molar-refractivity contribution in [1.82, 2.24) is 41.2 Å². The number of amides is 4. The van der Waals surface area contributed by atoms with Gasteiger partial charge in [-0.2, -0.15) is 21.0 Å². The molecule has 16 nitrogen and oxygen atoms in total. The lowest BCUT2D eigenvalue weighted by molar-refractivity contribution is 0.0934. The zero-order chi connectivity index (χ0) is 77.6. The molecular weight excluding hydrogens is 1480 g/mol. The molecule has 0 aliphatic rings. The summed E-state index contributed by atoms with van der Waals surface area (Å²) in [6, 6.07) is 69.0. The molecule has 0 aliphatic carbocycles. The fourth-order valence-corrected chi connectivity index (χ4v) is 11.5. The topological polar surface area (TPSA) is 263 Å². The molecule has 4 atom stereocenters. The summed E-state index contributed by atoms with van der Waals surface area (Å²) in [6.45, 7) is 9.59. The zero-order valence-corrected chi connectivity index (χ0v) is 62.8. The first-order chi connectivity index (χ1) is 51.9. The number of nitrogens with one attached hydrogen (secondary N) is 4. The van der Waals surface area contributed by atoms with Crippen LogP contribution in [-0.2, 0) is 0 Å². The predicted octanol–water partition coefficient (Wildman–Crippen LogP) is 19.5. The molecule has 0 saturated carbocycles. The second kappa shape index (κ2) is 38.2. The number of hydrogen-bond acceptors (Lipinski definition) is 12. The van der Waals surface area contributed by atoms with Crippen LogP contribution in [0.25, 0.3) is 0 Å². The minimum Gasteiger partial charge on any atom is -0.340 e. The van der Waals surface area contributed by atoms with E-state index in [2.05, 4.69) is 53.3 Å². The molecule has 0 bridgehead atoms. The maximum Gasteiger partial charge on any atom is 0.252 e. The van der Waals surface area contributed by atoms with Crippen LogP contribution in [0.5, 0.6) is 0 Å². The summed E-state index contributed by atoms with van der Waals surface area (Å²) in [5.41, 5.74) is 13.7. The zero-order valence-electron chi connectivity index (χ0n) is 58.3. The molecule has 0 radical (unpaired) electrons. The predicted molar refractivity (Wildman–Crippen MR) is 418 cm³/mol. The Labute approximate surface area is 654 Å². The Morgan fingerprint density at radius 2 is 0.565 bits per heavy atom. The van der Waals surface area contributed by atoms with Gasteiger partial charge in [-0.15, -0.1) is 0 Å². The maximum atomic E-state index is 13.9. The van der Waals surface area contributed by atoms with Crippen molar-refractivity contribution in [2.75, 3.05) is 0 Å². The number of nitriles is 4. The molecule has 4 amide bonds. The number of carbonyl (C=O) groups excluding carboxylic acids is 4. The number of benzene rings is 8. The number of halogens is 7. The molecule has 12 aromatic rings. The monoisotopic (exact) mass is 1540 g/mol. The van der Waals surface area contributed by atoms with Crippen molar-refractivity contribution in [3.8, 4) is 24.3 Å². The molecule has 0 saturated heterocycles. The van der Waals surface area contributed by atoms with Gasteiger partial charge < -0.3 is 21.3 Å². The Bertz CT molecular complexity index is 4530. The van der Waals surface area contributed by atoms with E-state index in [1.807, 2.05) is 119 Å². The molecule has 4 aromatic heterocycles. The second-order valence-electron chi connectivity index (χ2n) is 24.4. The van der Waals surface area contributed by atoms with E-state index < -0.39 is 35.9 Å². The number of carbonyl (C=O) groups is 4. The summed E-state index contributed by atoms with van der Waals surface area (Å²) >= 11 is 35.8. The standard InChI is InChI=1S/C22H18ClN3O.2C21H15Cl2N3O.C21H15ClFN3O/c1-14-3-5-16(6-4-14)21(20-10-9-19(23)13-25-20)26-22(27)17-7-8-18(12-24)15(2)11-17;1-13-2-4-14(5-3-13)20(19-9-8-17(22)12-25-19)26-21(27)15-6-7-16(11-24)18(23)10-15;1-13-10-15(2-3-16(13)11-24)21(27)26-20(14-4-6-17(22)7-5-14)19-9-8-18(23)12-25-19;1-13-2-4-14(5-3-13)20(19-9-8-17(22)12-25-19)26-21(27)15-6-7-16(11-24)18(23)10-15/h3-11,13,21H,1-2H3,(H,26,27);3*2-10,12,20H,1H3,(H,26,27)/t21-;3*20-/m0000/s1. The van der Waals surface area contributed by atoms with Gasteiger partial charge >= 0.3 is 0 Å². The Morgan fingerprint density at radius 1 is 0.315 bits per heavy atom. The normalized spacial score (nSPS) is 11.5. The summed E-state index contributed by atoms with van der Waals surface area (Å²) in [5, 5.41) is 50.7. The van der Waals surface area contributed by atoms with Gasteiger partial charge in [-0.25, -0.2) is 4.39 Å². The van der Waals surface area contributed by atoms with E-state index >= 15 is 0 Å². The van der Waals surface area contributed by atoms with Crippen LogP contribution in [0.15, 0.2) is 243 Å². The smallest absolute Gasteiger partial charge is 0.252 e. The highest BCUT2D eigenvalue weighted by molar-refractivity contribution is 6.32. The minimum atomic E-state index is -0.735. The third-order valence-electron chi connectivity index (χ3n) is 16.6. The van der Waals surface area contributed by atoms with E-state index in [0.717, 1.165) is 56.1 Å². The SMILES string of the molecule is Cc1cc(C(=O)N[C@@H](c2ccc(Cl)cc2)c2ccc(Cl)cn2)ccc1C#N.Cc1ccc([C@H](NC(=O)c2ccc(C#N)c(C)c2)c2ccc(Cl)cn2)cc1.Cc1ccc([C@H](NC(=O)c2ccc(C#N)c(Cl)c2)c2ccc(Cl)cn2)cc1.Cc1ccc([C@H](NC(=O)c2ccc(C#N)c(F)c2)c2ccc(Cl)cn2)cc1. The van der Waals surface area contributed by atoms with Crippen molar-refractivity contribution >= 4 is 93.2 Å². The largest absolute Gasteiger partial charge is 0.340 e. The molecule has 12 rings (SSSR count). The van der Waals surface area contributed by atoms with E-state index in [9.17, 15) is 23.6 Å². The van der Waals surface area contributed by atoms with Gasteiger partial charge in [0, 0.05) is 52.1 Å². The van der Waals surface area contributed by atoms with Crippen LogP contribution < -0.4 is 21.3 Å². The minimum absolute atomic E-state index is 0.110. The lowest BCUT2D eigenvalue weighted by Gasteiger charge is -2.19. The van der Waals surface area contributed by atoms with Crippen LogP contribution in [-0.4, -0.2) is 43.6 Å². The van der Waals surface area contributed by atoms with Gasteiger partial charge in [0.15, 0.2) is 0 Å². The van der Waals surface area contributed by atoms with Crippen molar-refractivity contribution in [2.24, 2.45) is 0 Å². The molecule has 0 fully saturated rings. The van der Waals surface area contributed by atoms with Gasteiger partial charge in [0.05, 0.1) is 106 Å². The number of aryl methyl sites for hydroxylation is 5. The molecule has 0 unspecified atom stereocenters. The Balaban J connectivity index is 0.000000166. The summed E-state index contributed by atoms with van der Waals surface area (Å²) < 4.78 is 13.9. The number of aromatic nitrogens is 4. The van der Waals surface area contributed by atoms with Gasteiger partial charge in [0.2, 0.25) is 0 Å². The van der Waals surface area contributed by atoms with E-state index in [1.165, 1.54) is 36.7 Å². The highest BCUT2D eigenvalue weighted by Gasteiger charge is 2.25. The number of pyridine rings is 4. The molecule has 8 aromatic carbocycles. The van der Waals surface area contributed by atoms with Crippen LogP contribution in [0.1, 0.15) is 161 Å². The van der Waals surface area contributed by atoms with Crippen LogP contribution in [0.4, 0.5) is 4.39 Å². The third kappa shape index (κ3) is 22.0. The van der Waals surface area contributed by atoms with Gasteiger partial charge in [-0.05, 0) is 201 Å². The second-order valence-corrected chi connectivity index (χ2v) is 27.0. The average molecular weight is 1550 g/mol. The molecule has 23 heteroatoms. The molecule has 0 spiro atoms. The maximum absolute atomic E-state index is 13.9. The highest BCUT2D eigenvalue weighted by Crippen LogP contribution is 2.30. The average Bonchev–Trinajstić information content (AvgIpc) is 0.833. The van der Waals surface area contributed by atoms with Crippen LogP contribution in [0.3, 0.4) is 0 Å². The molecule has 4 heterocycles. The first-order valence-electron chi connectivity index (χ1n) is 33.0. The van der Waals surface area contributed by atoms with Crippen molar-refractivity contribution in [3.63, 3.8) is 0 Å². The lowest BCUT2D eigenvalue weighted by atomic mass is 10.0. The summed E-state index contributed by atoms with van der Waals surface area (Å²) in [6.07, 6.45) is 6.16. The number of nitrogens with zero attached hydrogens (tertiary/aromatic N) is 8. The number of hydrogen-bond donors (Lipinski definition) is 4. The van der Waals surface area contributed by atoms with Crippen molar-refractivity contribution in [1.29, 1.82) is 21.0 Å². The van der Waals surface area contributed by atoms with Gasteiger partial charge in [-0.1, -0.05) is 171 Å². The molecule has 0 aliphatic heterocycles. The number of rotatable bonds is 16.